The van der Waals surface area contributed by atoms with Crippen molar-refractivity contribution in [1.82, 2.24) is 9.88 Å². The molecule has 0 radical (unpaired) electrons. The SMILES string of the molecule is CCC1(CNC(=O)c2cc(N)cn2C(C)C)CCCC1. The fraction of sp³-hybridized carbons (Fsp3) is 0.688. The van der Waals surface area contributed by atoms with Crippen molar-refractivity contribution < 1.29 is 4.79 Å². The molecule has 2 rings (SSSR count). The van der Waals surface area contributed by atoms with E-state index in [1.165, 1.54) is 25.7 Å². The second-order valence-electron chi connectivity index (χ2n) is 6.40. The highest BCUT2D eigenvalue weighted by Gasteiger charge is 2.32. The number of hydrogen-bond donors (Lipinski definition) is 2. The van der Waals surface area contributed by atoms with E-state index in [-0.39, 0.29) is 11.9 Å². The van der Waals surface area contributed by atoms with Crippen LogP contribution in [0.3, 0.4) is 0 Å². The fourth-order valence-electron chi connectivity index (χ4n) is 3.25. The van der Waals surface area contributed by atoms with Gasteiger partial charge in [-0.25, -0.2) is 0 Å². The summed E-state index contributed by atoms with van der Waals surface area (Å²) >= 11 is 0. The van der Waals surface area contributed by atoms with Crippen molar-refractivity contribution in [3.8, 4) is 0 Å². The molecule has 1 amide bonds. The van der Waals surface area contributed by atoms with E-state index in [4.69, 9.17) is 5.73 Å². The van der Waals surface area contributed by atoms with Gasteiger partial charge in [0.05, 0.1) is 5.69 Å². The first-order valence-corrected chi connectivity index (χ1v) is 7.73. The first-order chi connectivity index (χ1) is 9.47. The highest BCUT2D eigenvalue weighted by atomic mass is 16.1. The smallest absolute Gasteiger partial charge is 0.268 e. The number of nitrogens with one attached hydrogen (secondary N) is 1. The van der Waals surface area contributed by atoms with Crippen LogP contribution in [0, 0.1) is 5.41 Å². The lowest BCUT2D eigenvalue weighted by molar-refractivity contribution is 0.0918. The third-order valence-electron chi connectivity index (χ3n) is 4.70. The molecule has 20 heavy (non-hydrogen) atoms. The number of hydrogen-bond acceptors (Lipinski definition) is 2. The van der Waals surface area contributed by atoms with Crippen LogP contribution in [0.2, 0.25) is 0 Å². The van der Waals surface area contributed by atoms with Gasteiger partial charge >= 0.3 is 0 Å². The first kappa shape index (κ1) is 14.9. The van der Waals surface area contributed by atoms with Gasteiger partial charge in [-0.15, -0.1) is 0 Å². The Hall–Kier alpha value is -1.45. The summed E-state index contributed by atoms with van der Waals surface area (Å²) in [7, 11) is 0. The van der Waals surface area contributed by atoms with E-state index < -0.39 is 0 Å². The molecule has 4 nitrogen and oxygen atoms in total. The number of nitrogens with zero attached hydrogens (tertiary/aromatic N) is 1. The molecule has 0 saturated heterocycles. The molecule has 0 bridgehead atoms. The average molecular weight is 277 g/mol. The van der Waals surface area contributed by atoms with E-state index in [0.717, 1.165) is 13.0 Å². The largest absolute Gasteiger partial charge is 0.397 e. The minimum Gasteiger partial charge on any atom is -0.397 e. The van der Waals surface area contributed by atoms with Gasteiger partial charge in [0.25, 0.3) is 5.91 Å². The zero-order chi connectivity index (χ0) is 14.8. The summed E-state index contributed by atoms with van der Waals surface area (Å²) in [5.74, 6) is -0.00451. The summed E-state index contributed by atoms with van der Waals surface area (Å²) in [5.41, 5.74) is 7.46. The van der Waals surface area contributed by atoms with Crippen molar-refractivity contribution in [3.05, 3.63) is 18.0 Å². The summed E-state index contributed by atoms with van der Waals surface area (Å²) in [5, 5.41) is 3.13. The van der Waals surface area contributed by atoms with E-state index in [0.29, 0.717) is 16.8 Å². The Morgan fingerprint density at radius 3 is 2.65 bits per heavy atom. The highest BCUT2D eigenvalue weighted by molar-refractivity contribution is 5.93. The molecule has 0 aliphatic heterocycles. The van der Waals surface area contributed by atoms with Crippen LogP contribution < -0.4 is 11.1 Å². The molecule has 1 aromatic heterocycles. The summed E-state index contributed by atoms with van der Waals surface area (Å²) in [6.07, 6.45) is 8.03. The van der Waals surface area contributed by atoms with Crippen LogP contribution in [0.15, 0.2) is 12.3 Å². The molecule has 4 heteroatoms. The first-order valence-electron chi connectivity index (χ1n) is 7.73. The highest BCUT2D eigenvalue weighted by Crippen LogP contribution is 2.40. The number of carbonyl (C=O) groups is 1. The molecular formula is C16H27N3O. The van der Waals surface area contributed by atoms with Crippen molar-refractivity contribution in [3.63, 3.8) is 0 Å². The zero-order valence-electron chi connectivity index (χ0n) is 12.9. The third-order valence-corrected chi connectivity index (χ3v) is 4.70. The number of anilines is 1. The molecule has 0 atom stereocenters. The molecular weight excluding hydrogens is 250 g/mol. The van der Waals surface area contributed by atoms with Gasteiger partial charge in [0.15, 0.2) is 0 Å². The molecule has 1 aliphatic carbocycles. The molecule has 0 spiro atoms. The molecule has 0 unspecified atom stereocenters. The summed E-state index contributed by atoms with van der Waals surface area (Å²) in [4.78, 5) is 12.4. The quantitative estimate of drug-likeness (QED) is 0.867. The van der Waals surface area contributed by atoms with Crippen molar-refractivity contribution in [2.45, 2.75) is 58.9 Å². The maximum absolute atomic E-state index is 12.4. The van der Waals surface area contributed by atoms with Crippen molar-refractivity contribution >= 4 is 11.6 Å². The third kappa shape index (κ3) is 3.00. The van der Waals surface area contributed by atoms with Crippen LogP contribution in [-0.4, -0.2) is 17.0 Å². The number of carbonyl (C=O) groups excluding carboxylic acids is 1. The predicted molar refractivity (Wildman–Crippen MR) is 82.8 cm³/mol. The van der Waals surface area contributed by atoms with Gasteiger partial charge in [0.2, 0.25) is 0 Å². The number of nitrogens with two attached hydrogens (primary N) is 1. The minimum atomic E-state index is -0.00451. The van der Waals surface area contributed by atoms with E-state index in [2.05, 4.69) is 26.1 Å². The van der Waals surface area contributed by atoms with Crippen LogP contribution in [0.4, 0.5) is 5.69 Å². The fourth-order valence-corrected chi connectivity index (χ4v) is 3.25. The van der Waals surface area contributed by atoms with Crippen LogP contribution in [0.25, 0.3) is 0 Å². The predicted octanol–water partition coefficient (Wildman–Crippen LogP) is 3.35. The Morgan fingerprint density at radius 2 is 2.10 bits per heavy atom. The van der Waals surface area contributed by atoms with Gasteiger partial charge in [0, 0.05) is 18.8 Å². The Balaban J connectivity index is 2.05. The summed E-state index contributed by atoms with van der Waals surface area (Å²) < 4.78 is 1.94. The van der Waals surface area contributed by atoms with Gasteiger partial charge in [-0.2, -0.15) is 0 Å². The van der Waals surface area contributed by atoms with E-state index in [1.807, 2.05) is 10.8 Å². The van der Waals surface area contributed by atoms with Gasteiger partial charge in [-0.1, -0.05) is 19.8 Å². The number of nitrogen functional groups attached to an aromatic ring is 1. The average Bonchev–Trinajstić information content (AvgIpc) is 3.03. The van der Waals surface area contributed by atoms with Gasteiger partial charge in [-0.3, -0.25) is 4.79 Å². The van der Waals surface area contributed by atoms with Crippen molar-refractivity contribution in [1.29, 1.82) is 0 Å². The van der Waals surface area contributed by atoms with Gasteiger partial charge in [0.1, 0.15) is 5.69 Å². The van der Waals surface area contributed by atoms with E-state index >= 15 is 0 Å². The van der Waals surface area contributed by atoms with Gasteiger partial charge in [-0.05, 0) is 44.6 Å². The molecule has 1 aliphatic rings. The molecule has 1 heterocycles. The molecule has 1 fully saturated rings. The van der Waals surface area contributed by atoms with Crippen LogP contribution in [-0.2, 0) is 0 Å². The lowest BCUT2D eigenvalue weighted by Crippen LogP contribution is -2.36. The second-order valence-corrected chi connectivity index (χ2v) is 6.40. The minimum absolute atomic E-state index is 0.00451. The van der Waals surface area contributed by atoms with E-state index in [1.54, 1.807) is 6.07 Å². The normalized spacial score (nSPS) is 17.6. The van der Waals surface area contributed by atoms with Crippen LogP contribution >= 0.6 is 0 Å². The topological polar surface area (TPSA) is 60.1 Å². The van der Waals surface area contributed by atoms with Gasteiger partial charge < -0.3 is 15.6 Å². The van der Waals surface area contributed by atoms with Crippen molar-refractivity contribution in [2.24, 2.45) is 5.41 Å². The maximum Gasteiger partial charge on any atom is 0.268 e. The Labute approximate surface area is 121 Å². The van der Waals surface area contributed by atoms with Crippen LogP contribution in [0.1, 0.15) is 69.4 Å². The molecule has 0 aromatic carbocycles. The lowest BCUT2D eigenvalue weighted by atomic mass is 9.83. The summed E-state index contributed by atoms with van der Waals surface area (Å²) in [6, 6.07) is 2.00. The monoisotopic (exact) mass is 277 g/mol. The van der Waals surface area contributed by atoms with Crippen molar-refractivity contribution in [2.75, 3.05) is 12.3 Å². The summed E-state index contributed by atoms with van der Waals surface area (Å²) in [6.45, 7) is 7.12. The Bertz CT molecular complexity index is 470. The standard InChI is InChI=1S/C16H27N3O/c1-4-16(7-5-6-8-16)11-18-15(20)14-9-13(17)10-19(14)12(2)3/h9-10,12H,4-8,11,17H2,1-3H3,(H,18,20). The number of aromatic nitrogens is 1. The maximum atomic E-state index is 12.4. The Kier molecular flexibility index (Phi) is 4.41. The zero-order valence-corrected chi connectivity index (χ0v) is 12.9. The number of rotatable bonds is 5. The number of amides is 1. The van der Waals surface area contributed by atoms with E-state index in [9.17, 15) is 4.79 Å². The molecule has 1 saturated carbocycles. The lowest BCUT2D eigenvalue weighted by Gasteiger charge is -2.27. The van der Waals surface area contributed by atoms with Crippen LogP contribution in [0.5, 0.6) is 0 Å². The molecule has 1 aromatic rings. The second kappa shape index (κ2) is 5.90. The Morgan fingerprint density at radius 1 is 1.45 bits per heavy atom. The molecule has 112 valence electrons. The molecule has 3 N–H and O–H groups in total.